The minimum Gasteiger partial charge on any atom is -0.483 e. The zero-order chi connectivity index (χ0) is 22.3. The summed E-state index contributed by atoms with van der Waals surface area (Å²) in [4.78, 5) is 26.9. The quantitative estimate of drug-likeness (QED) is 0.496. The average Bonchev–Trinajstić information content (AvgIpc) is 2.72. The molecule has 0 aromatic heterocycles. The molecule has 2 rings (SSSR count). The lowest BCUT2D eigenvalue weighted by molar-refractivity contribution is -0.142. The molecular formula is C22H25BrCl2N2O3. The highest BCUT2D eigenvalue weighted by Gasteiger charge is 2.27. The number of benzene rings is 2. The number of hydrogen-bond donors (Lipinski definition) is 1. The van der Waals surface area contributed by atoms with E-state index in [2.05, 4.69) is 28.2 Å². The molecule has 30 heavy (non-hydrogen) atoms. The molecule has 5 nitrogen and oxygen atoms in total. The standard InChI is InChI=1S/C22H25BrCl2N2O3/c1-4-15-9-10-20(17(23)11-15)30-13-21(28)27(14(3)22(29)26-5-2)12-16-18(24)7-6-8-19(16)25/h6-11,14H,4-5,12-13H2,1-3H3,(H,26,29)/t14-/m1/s1. The first-order chi connectivity index (χ1) is 14.3. The van der Waals surface area contributed by atoms with Gasteiger partial charge in [0.1, 0.15) is 11.8 Å². The molecule has 8 heteroatoms. The van der Waals surface area contributed by atoms with E-state index in [9.17, 15) is 9.59 Å². The van der Waals surface area contributed by atoms with E-state index < -0.39 is 6.04 Å². The number of ether oxygens (including phenoxy) is 1. The summed E-state index contributed by atoms with van der Waals surface area (Å²) in [5.41, 5.74) is 1.74. The van der Waals surface area contributed by atoms with Crippen molar-refractivity contribution in [2.45, 2.75) is 39.8 Å². The van der Waals surface area contributed by atoms with Gasteiger partial charge in [-0.15, -0.1) is 0 Å². The summed E-state index contributed by atoms with van der Waals surface area (Å²) < 4.78 is 6.50. The van der Waals surface area contributed by atoms with Crippen molar-refractivity contribution in [3.05, 3.63) is 62.0 Å². The van der Waals surface area contributed by atoms with Crippen molar-refractivity contribution < 1.29 is 14.3 Å². The highest BCUT2D eigenvalue weighted by molar-refractivity contribution is 9.10. The minimum atomic E-state index is -0.723. The number of amides is 2. The fourth-order valence-electron chi connectivity index (χ4n) is 2.86. The van der Waals surface area contributed by atoms with Crippen molar-refractivity contribution in [3.63, 3.8) is 0 Å². The number of carbonyl (C=O) groups excluding carboxylic acids is 2. The maximum atomic E-state index is 13.0. The molecular weight excluding hydrogens is 491 g/mol. The SMILES string of the molecule is CCNC(=O)[C@@H](C)N(Cc1c(Cl)cccc1Cl)C(=O)COc1ccc(CC)cc1Br. The fraction of sp³-hybridized carbons (Fsp3) is 0.364. The Hall–Kier alpha value is -1.76. The van der Waals surface area contributed by atoms with Crippen molar-refractivity contribution >= 4 is 50.9 Å². The Morgan fingerprint density at radius 2 is 1.83 bits per heavy atom. The summed E-state index contributed by atoms with van der Waals surface area (Å²) in [6.45, 7) is 5.88. The van der Waals surface area contributed by atoms with Crippen LogP contribution >= 0.6 is 39.1 Å². The van der Waals surface area contributed by atoms with Gasteiger partial charge in [0, 0.05) is 28.7 Å². The minimum absolute atomic E-state index is 0.0922. The van der Waals surface area contributed by atoms with Gasteiger partial charge in [-0.3, -0.25) is 9.59 Å². The first-order valence-electron chi connectivity index (χ1n) is 9.69. The molecule has 0 saturated carbocycles. The molecule has 1 atom stereocenters. The lowest BCUT2D eigenvalue weighted by Gasteiger charge is -2.29. The van der Waals surface area contributed by atoms with E-state index in [0.717, 1.165) is 16.5 Å². The Kier molecular flexibility index (Phi) is 9.46. The molecule has 0 fully saturated rings. The monoisotopic (exact) mass is 514 g/mol. The van der Waals surface area contributed by atoms with Gasteiger partial charge in [-0.2, -0.15) is 0 Å². The molecule has 0 heterocycles. The van der Waals surface area contributed by atoms with Crippen LogP contribution in [0.1, 0.15) is 31.9 Å². The predicted molar refractivity (Wildman–Crippen MR) is 124 cm³/mol. The highest BCUT2D eigenvalue weighted by atomic mass is 79.9. The van der Waals surface area contributed by atoms with Crippen LogP contribution in [0.2, 0.25) is 10.0 Å². The smallest absolute Gasteiger partial charge is 0.261 e. The molecule has 0 aliphatic heterocycles. The van der Waals surface area contributed by atoms with Crippen LogP contribution in [0, 0.1) is 0 Å². The van der Waals surface area contributed by atoms with E-state index in [1.165, 1.54) is 4.90 Å². The largest absolute Gasteiger partial charge is 0.483 e. The third-order valence-corrected chi connectivity index (χ3v) is 5.99. The lowest BCUT2D eigenvalue weighted by Crippen LogP contribution is -2.49. The molecule has 0 aliphatic rings. The Balaban J connectivity index is 2.22. The average molecular weight is 516 g/mol. The molecule has 0 radical (unpaired) electrons. The summed E-state index contributed by atoms with van der Waals surface area (Å²) in [6, 6.07) is 10.1. The number of halogens is 3. The molecule has 1 N–H and O–H groups in total. The Morgan fingerprint density at radius 3 is 2.40 bits per heavy atom. The third-order valence-electron chi connectivity index (χ3n) is 4.66. The van der Waals surface area contributed by atoms with Crippen LogP contribution in [0.25, 0.3) is 0 Å². The summed E-state index contributed by atoms with van der Waals surface area (Å²) in [7, 11) is 0. The van der Waals surface area contributed by atoms with Gasteiger partial charge in [0.05, 0.1) is 4.47 Å². The van der Waals surface area contributed by atoms with Crippen LogP contribution < -0.4 is 10.1 Å². The second kappa shape index (κ2) is 11.6. The summed E-state index contributed by atoms with van der Waals surface area (Å²) in [5.74, 6) is -0.0550. The number of rotatable bonds is 9. The molecule has 2 amide bonds. The van der Waals surface area contributed by atoms with Gasteiger partial charge in [0.15, 0.2) is 6.61 Å². The maximum Gasteiger partial charge on any atom is 0.261 e. The Morgan fingerprint density at radius 1 is 1.17 bits per heavy atom. The van der Waals surface area contributed by atoms with Gasteiger partial charge >= 0.3 is 0 Å². The topological polar surface area (TPSA) is 58.6 Å². The van der Waals surface area contributed by atoms with E-state index in [-0.39, 0.29) is 25.0 Å². The Labute approximate surface area is 195 Å². The van der Waals surface area contributed by atoms with Crippen LogP contribution in [0.5, 0.6) is 5.75 Å². The summed E-state index contributed by atoms with van der Waals surface area (Å²) >= 11 is 16.0. The number of aryl methyl sites for hydroxylation is 1. The van der Waals surface area contributed by atoms with Crippen LogP contribution in [0.15, 0.2) is 40.9 Å². The van der Waals surface area contributed by atoms with Gasteiger partial charge in [0.2, 0.25) is 5.91 Å². The van der Waals surface area contributed by atoms with Crippen LogP contribution in [0.4, 0.5) is 0 Å². The first-order valence-corrected chi connectivity index (χ1v) is 11.2. The van der Waals surface area contributed by atoms with Crippen molar-refractivity contribution in [1.82, 2.24) is 10.2 Å². The van der Waals surface area contributed by atoms with E-state index in [4.69, 9.17) is 27.9 Å². The first kappa shape index (κ1) is 24.5. The highest BCUT2D eigenvalue weighted by Crippen LogP contribution is 2.28. The van der Waals surface area contributed by atoms with Gasteiger partial charge in [-0.05, 0) is 66.0 Å². The third kappa shape index (κ3) is 6.37. The van der Waals surface area contributed by atoms with Gasteiger partial charge in [0.25, 0.3) is 5.91 Å². The van der Waals surface area contributed by atoms with Gasteiger partial charge in [-0.25, -0.2) is 0 Å². The number of carbonyl (C=O) groups is 2. The van der Waals surface area contributed by atoms with E-state index in [0.29, 0.717) is 27.9 Å². The molecule has 0 unspecified atom stereocenters. The number of nitrogens with zero attached hydrogens (tertiary/aromatic N) is 1. The molecule has 2 aromatic carbocycles. The maximum absolute atomic E-state index is 13.0. The van der Waals surface area contributed by atoms with Gasteiger partial charge in [-0.1, -0.05) is 42.3 Å². The van der Waals surface area contributed by atoms with E-state index in [1.807, 2.05) is 25.1 Å². The number of nitrogens with one attached hydrogen (secondary N) is 1. The molecule has 0 bridgehead atoms. The normalized spacial score (nSPS) is 11.7. The predicted octanol–water partition coefficient (Wildman–Crippen LogP) is 5.25. The molecule has 2 aromatic rings. The van der Waals surface area contributed by atoms with Crippen LogP contribution in [-0.2, 0) is 22.6 Å². The van der Waals surface area contributed by atoms with Crippen molar-refractivity contribution in [2.75, 3.05) is 13.2 Å². The van der Waals surface area contributed by atoms with Gasteiger partial charge < -0.3 is 15.0 Å². The van der Waals surface area contributed by atoms with Crippen molar-refractivity contribution in [1.29, 1.82) is 0 Å². The zero-order valence-corrected chi connectivity index (χ0v) is 20.3. The summed E-state index contributed by atoms with van der Waals surface area (Å²) in [5, 5.41) is 3.61. The summed E-state index contributed by atoms with van der Waals surface area (Å²) in [6.07, 6.45) is 0.897. The molecule has 162 valence electrons. The number of likely N-dealkylation sites (N-methyl/N-ethyl adjacent to an activating group) is 1. The molecule has 0 saturated heterocycles. The van der Waals surface area contributed by atoms with E-state index in [1.54, 1.807) is 25.1 Å². The second-order valence-corrected chi connectivity index (χ2v) is 8.37. The Bertz CT molecular complexity index is 888. The number of hydrogen-bond acceptors (Lipinski definition) is 3. The van der Waals surface area contributed by atoms with E-state index >= 15 is 0 Å². The second-order valence-electron chi connectivity index (χ2n) is 6.70. The molecule has 0 aliphatic carbocycles. The van der Waals surface area contributed by atoms with Crippen LogP contribution in [0.3, 0.4) is 0 Å². The molecule has 0 spiro atoms. The fourth-order valence-corrected chi connectivity index (χ4v) is 3.92. The van der Waals surface area contributed by atoms with Crippen molar-refractivity contribution in [2.24, 2.45) is 0 Å². The van der Waals surface area contributed by atoms with Crippen molar-refractivity contribution in [3.8, 4) is 5.75 Å². The van der Waals surface area contributed by atoms with Crippen LogP contribution in [-0.4, -0.2) is 35.9 Å². The zero-order valence-electron chi connectivity index (χ0n) is 17.2. The lowest BCUT2D eigenvalue weighted by atomic mass is 10.1.